The molecular formula is C39H31F4N3O4. The van der Waals surface area contributed by atoms with Crippen LogP contribution in [-0.2, 0) is 22.6 Å². The van der Waals surface area contributed by atoms with Crippen LogP contribution in [0.4, 0.5) is 23.2 Å². The molecule has 2 heterocycles. The summed E-state index contributed by atoms with van der Waals surface area (Å²) in [6, 6.07) is 25.7. The number of carbonyl (C=O) groups is 2. The van der Waals surface area contributed by atoms with Crippen LogP contribution in [0.3, 0.4) is 0 Å². The number of anilines is 1. The molecule has 7 nitrogen and oxygen atoms in total. The van der Waals surface area contributed by atoms with Crippen molar-refractivity contribution >= 4 is 23.1 Å². The average Bonchev–Trinajstić information content (AvgIpc) is 3.12. The van der Waals surface area contributed by atoms with Gasteiger partial charge in [0.15, 0.2) is 11.6 Å². The maximum atomic E-state index is 14.5. The molecule has 0 atom stereocenters. The van der Waals surface area contributed by atoms with E-state index in [-0.39, 0.29) is 30.8 Å². The number of aliphatic hydroxyl groups excluding tert-OH is 1. The van der Waals surface area contributed by atoms with Crippen LogP contribution in [-0.4, -0.2) is 52.4 Å². The molecule has 0 spiro atoms. The molecule has 254 valence electrons. The molecule has 1 saturated heterocycles. The summed E-state index contributed by atoms with van der Waals surface area (Å²) in [5.74, 6) is -7.03. The second-order valence-corrected chi connectivity index (χ2v) is 11.9. The zero-order chi connectivity index (χ0) is 35.4. The molecule has 1 aliphatic rings. The van der Waals surface area contributed by atoms with Crippen LogP contribution in [0.25, 0.3) is 16.9 Å². The number of nitrogens with zero attached hydrogens (tertiary/aromatic N) is 3. The van der Waals surface area contributed by atoms with Gasteiger partial charge in [0.2, 0.25) is 5.78 Å². The summed E-state index contributed by atoms with van der Waals surface area (Å²) in [5, 5.41) is 11.0. The molecule has 1 aromatic heterocycles. The van der Waals surface area contributed by atoms with Crippen molar-refractivity contribution in [3.63, 3.8) is 0 Å². The largest absolute Gasteiger partial charge is 0.507 e. The van der Waals surface area contributed by atoms with E-state index in [0.717, 1.165) is 33.5 Å². The first-order chi connectivity index (χ1) is 24.0. The monoisotopic (exact) mass is 681 g/mol. The lowest BCUT2D eigenvalue weighted by molar-refractivity contribution is -0.142. The highest BCUT2D eigenvalue weighted by atomic mass is 19.2. The van der Waals surface area contributed by atoms with Crippen LogP contribution >= 0.6 is 0 Å². The van der Waals surface area contributed by atoms with E-state index in [4.69, 9.17) is 0 Å². The quantitative estimate of drug-likeness (QED) is 0.0630. The van der Waals surface area contributed by atoms with Crippen LogP contribution in [0.2, 0.25) is 0 Å². The fourth-order valence-corrected chi connectivity index (χ4v) is 5.97. The molecule has 0 bridgehead atoms. The van der Waals surface area contributed by atoms with Gasteiger partial charge in [-0.1, -0.05) is 54.6 Å². The first kappa shape index (κ1) is 33.9. The van der Waals surface area contributed by atoms with Gasteiger partial charge in [0.25, 0.3) is 11.5 Å². The Balaban J connectivity index is 1.19. The summed E-state index contributed by atoms with van der Waals surface area (Å²) < 4.78 is 57.4. The van der Waals surface area contributed by atoms with Gasteiger partial charge in [0.1, 0.15) is 17.4 Å². The van der Waals surface area contributed by atoms with E-state index in [9.17, 15) is 37.1 Å². The van der Waals surface area contributed by atoms with E-state index in [0.29, 0.717) is 30.8 Å². The van der Waals surface area contributed by atoms with Crippen LogP contribution in [0.1, 0.15) is 22.3 Å². The highest BCUT2D eigenvalue weighted by Gasteiger charge is 2.26. The molecule has 5 aromatic rings. The van der Waals surface area contributed by atoms with Crippen LogP contribution in [0, 0.1) is 23.3 Å². The number of rotatable bonds is 9. The van der Waals surface area contributed by atoms with Crippen molar-refractivity contribution in [1.82, 2.24) is 9.47 Å². The number of ketones is 1. The standard InChI is InChI=1S/C39H31F4N3O4/c40-30-8-4-5-25(18-30)23-46-24-26(17-29-20-31(41)21-34(42)37(29)43)19-33(38(46)49)35(47)22-36(48)39(50)45-15-13-44(14-16-45)32-11-9-28(10-12-32)27-6-2-1-3-7-27/h1-12,18-22,24,47H,13-17,23H2. The molecular weight excluding hydrogens is 650 g/mol. The molecule has 0 unspecified atom stereocenters. The molecule has 1 aliphatic heterocycles. The molecule has 4 aromatic carbocycles. The zero-order valence-electron chi connectivity index (χ0n) is 26.7. The topological polar surface area (TPSA) is 82.8 Å². The fraction of sp³-hybridized carbons (Fsp3) is 0.154. The number of aliphatic hydroxyl groups is 1. The first-order valence-electron chi connectivity index (χ1n) is 15.8. The van der Waals surface area contributed by atoms with Crippen molar-refractivity contribution in [2.75, 3.05) is 31.1 Å². The number of carbonyl (C=O) groups excluding carboxylic acids is 2. The third-order valence-corrected chi connectivity index (χ3v) is 8.51. The van der Waals surface area contributed by atoms with Crippen molar-refractivity contribution in [1.29, 1.82) is 0 Å². The molecule has 0 aliphatic carbocycles. The normalized spacial score (nSPS) is 13.4. The lowest BCUT2D eigenvalue weighted by Gasteiger charge is -2.35. The Hall–Kier alpha value is -5.97. The third kappa shape index (κ3) is 7.67. The second-order valence-electron chi connectivity index (χ2n) is 11.9. The number of hydrogen-bond acceptors (Lipinski definition) is 5. The van der Waals surface area contributed by atoms with E-state index in [1.54, 1.807) is 6.07 Å². The lowest BCUT2D eigenvalue weighted by Crippen LogP contribution is -2.50. The van der Waals surface area contributed by atoms with Gasteiger partial charge >= 0.3 is 0 Å². The minimum Gasteiger partial charge on any atom is -0.507 e. The molecule has 1 N–H and O–H groups in total. The molecule has 0 radical (unpaired) electrons. The van der Waals surface area contributed by atoms with Gasteiger partial charge < -0.3 is 19.5 Å². The van der Waals surface area contributed by atoms with E-state index >= 15 is 0 Å². The van der Waals surface area contributed by atoms with Gasteiger partial charge in [0.05, 0.1) is 12.1 Å². The summed E-state index contributed by atoms with van der Waals surface area (Å²) in [7, 11) is 0. The number of benzene rings is 4. The maximum Gasteiger partial charge on any atom is 0.294 e. The maximum absolute atomic E-state index is 14.5. The van der Waals surface area contributed by atoms with E-state index in [1.165, 1.54) is 29.3 Å². The first-order valence-corrected chi connectivity index (χ1v) is 15.8. The summed E-state index contributed by atoms with van der Waals surface area (Å²) in [6.07, 6.45) is 1.54. The number of piperazine rings is 1. The van der Waals surface area contributed by atoms with Crippen LogP contribution in [0.5, 0.6) is 0 Å². The van der Waals surface area contributed by atoms with Crippen LogP contribution < -0.4 is 10.5 Å². The molecule has 0 saturated carbocycles. The van der Waals surface area contributed by atoms with E-state index < -0.39 is 58.3 Å². The van der Waals surface area contributed by atoms with Crippen LogP contribution in [0.15, 0.2) is 114 Å². The number of aromatic nitrogens is 1. The molecule has 50 heavy (non-hydrogen) atoms. The Bertz CT molecular complexity index is 2140. The predicted molar refractivity (Wildman–Crippen MR) is 182 cm³/mol. The van der Waals surface area contributed by atoms with E-state index in [2.05, 4.69) is 4.90 Å². The van der Waals surface area contributed by atoms with Crippen molar-refractivity contribution in [3.8, 4) is 11.1 Å². The number of halogens is 4. The highest BCUT2D eigenvalue weighted by Crippen LogP contribution is 2.24. The zero-order valence-corrected chi connectivity index (χ0v) is 26.7. The fourth-order valence-electron chi connectivity index (χ4n) is 5.97. The number of amides is 1. The van der Waals surface area contributed by atoms with Crippen molar-refractivity contribution in [2.24, 2.45) is 0 Å². The SMILES string of the molecule is O=C(C=C(O)c1cc(Cc2cc(F)cc(F)c2F)cn(Cc2cccc(F)c2)c1=O)C(=O)N1CCN(c2ccc(-c3ccccc3)cc2)CC1. The lowest BCUT2D eigenvalue weighted by atomic mass is 10.0. The van der Waals surface area contributed by atoms with Crippen molar-refractivity contribution in [2.45, 2.75) is 13.0 Å². The highest BCUT2D eigenvalue weighted by molar-refractivity contribution is 6.41. The molecule has 6 rings (SSSR count). The summed E-state index contributed by atoms with van der Waals surface area (Å²) in [4.78, 5) is 43.1. The van der Waals surface area contributed by atoms with Gasteiger partial charge in [-0.3, -0.25) is 14.4 Å². The summed E-state index contributed by atoms with van der Waals surface area (Å²) in [5.41, 5.74) is 2.08. The van der Waals surface area contributed by atoms with Gasteiger partial charge in [0, 0.05) is 56.6 Å². The molecule has 1 amide bonds. The molecule has 11 heteroatoms. The van der Waals surface area contributed by atoms with Gasteiger partial charge in [-0.05, 0) is 64.2 Å². The summed E-state index contributed by atoms with van der Waals surface area (Å²) >= 11 is 0. The Morgan fingerprint density at radius 3 is 2.14 bits per heavy atom. The second kappa shape index (κ2) is 14.7. The van der Waals surface area contributed by atoms with Crippen molar-refractivity contribution < 1.29 is 32.3 Å². The average molecular weight is 682 g/mol. The smallest absolute Gasteiger partial charge is 0.294 e. The number of pyridine rings is 1. The predicted octanol–water partition coefficient (Wildman–Crippen LogP) is 6.53. The molecule has 1 fully saturated rings. The summed E-state index contributed by atoms with van der Waals surface area (Å²) in [6.45, 7) is 1.22. The van der Waals surface area contributed by atoms with Crippen molar-refractivity contribution in [3.05, 3.63) is 165 Å². The Morgan fingerprint density at radius 2 is 1.44 bits per heavy atom. The Kier molecular flexibility index (Phi) is 9.94. The minimum atomic E-state index is -1.40. The van der Waals surface area contributed by atoms with E-state index in [1.807, 2.05) is 54.6 Å². The Labute approximate surface area is 285 Å². The van der Waals surface area contributed by atoms with Gasteiger partial charge in [-0.15, -0.1) is 0 Å². The minimum absolute atomic E-state index is 0.145. The third-order valence-electron chi connectivity index (χ3n) is 8.51. The number of hydrogen-bond donors (Lipinski definition) is 1. The van der Waals surface area contributed by atoms with Gasteiger partial charge in [-0.25, -0.2) is 17.6 Å². The Morgan fingerprint density at radius 1 is 0.740 bits per heavy atom. The van der Waals surface area contributed by atoms with Gasteiger partial charge in [-0.2, -0.15) is 0 Å².